The van der Waals surface area contributed by atoms with E-state index in [1.807, 2.05) is 12.1 Å². The molecule has 0 saturated carbocycles. The zero-order chi connectivity index (χ0) is 10.2. The van der Waals surface area contributed by atoms with Crippen LogP contribution in [0.2, 0.25) is 0 Å². The lowest BCUT2D eigenvalue weighted by Crippen LogP contribution is -2.21. The normalized spacial score (nSPS) is 10.1. The van der Waals surface area contributed by atoms with E-state index in [2.05, 4.69) is 5.32 Å². The molecule has 1 aromatic heterocycles. The predicted molar refractivity (Wildman–Crippen MR) is 51.7 cm³/mol. The minimum Gasteiger partial charge on any atom is -0.467 e. The summed E-state index contributed by atoms with van der Waals surface area (Å²) < 4.78 is 10.4. The van der Waals surface area contributed by atoms with Gasteiger partial charge in [-0.2, -0.15) is 0 Å². The SMILES string of the molecule is CC(=O)NCCCOCc1ccco1. The van der Waals surface area contributed by atoms with Crippen molar-refractivity contribution in [1.82, 2.24) is 5.32 Å². The number of furan rings is 1. The van der Waals surface area contributed by atoms with Crippen LogP contribution in [0, 0.1) is 0 Å². The van der Waals surface area contributed by atoms with Crippen molar-refractivity contribution in [2.45, 2.75) is 20.0 Å². The van der Waals surface area contributed by atoms with Crippen LogP contribution in [-0.4, -0.2) is 19.1 Å². The van der Waals surface area contributed by atoms with Gasteiger partial charge in [0.1, 0.15) is 12.4 Å². The van der Waals surface area contributed by atoms with Crippen molar-refractivity contribution in [3.05, 3.63) is 24.2 Å². The maximum Gasteiger partial charge on any atom is 0.216 e. The number of amides is 1. The maximum absolute atomic E-state index is 10.5. The van der Waals surface area contributed by atoms with Crippen LogP contribution in [0.4, 0.5) is 0 Å². The number of hydrogen-bond acceptors (Lipinski definition) is 3. The van der Waals surface area contributed by atoms with Gasteiger partial charge in [-0.1, -0.05) is 0 Å². The third-order valence-corrected chi connectivity index (χ3v) is 1.66. The van der Waals surface area contributed by atoms with Crippen LogP contribution in [0.5, 0.6) is 0 Å². The van der Waals surface area contributed by atoms with Gasteiger partial charge >= 0.3 is 0 Å². The van der Waals surface area contributed by atoms with Gasteiger partial charge in [-0.05, 0) is 18.6 Å². The Kier molecular flexibility index (Phi) is 4.78. The Labute approximate surface area is 83.2 Å². The first kappa shape index (κ1) is 10.8. The molecule has 0 aliphatic carbocycles. The highest BCUT2D eigenvalue weighted by atomic mass is 16.5. The molecule has 4 nitrogen and oxygen atoms in total. The average Bonchev–Trinajstić information content (AvgIpc) is 2.63. The summed E-state index contributed by atoms with van der Waals surface area (Å²) in [7, 11) is 0. The number of ether oxygens (including phenoxy) is 1. The molecule has 0 unspecified atom stereocenters. The van der Waals surface area contributed by atoms with Crippen molar-refractivity contribution in [2.75, 3.05) is 13.2 Å². The van der Waals surface area contributed by atoms with Gasteiger partial charge in [0.15, 0.2) is 0 Å². The summed E-state index contributed by atoms with van der Waals surface area (Å²) in [4.78, 5) is 10.5. The lowest BCUT2D eigenvalue weighted by Gasteiger charge is -2.02. The summed E-state index contributed by atoms with van der Waals surface area (Å²) >= 11 is 0. The Hall–Kier alpha value is -1.29. The van der Waals surface area contributed by atoms with Crippen molar-refractivity contribution < 1.29 is 13.9 Å². The van der Waals surface area contributed by atoms with E-state index in [9.17, 15) is 4.79 Å². The first-order chi connectivity index (χ1) is 6.79. The molecule has 0 spiro atoms. The number of carbonyl (C=O) groups is 1. The van der Waals surface area contributed by atoms with E-state index in [-0.39, 0.29) is 5.91 Å². The molecule has 1 aromatic rings. The second-order valence-corrected chi connectivity index (χ2v) is 2.97. The maximum atomic E-state index is 10.5. The topological polar surface area (TPSA) is 51.5 Å². The third-order valence-electron chi connectivity index (χ3n) is 1.66. The fourth-order valence-electron chi connectivity index (χ4n) is 1.01. The molecule has 1 rings (SSSR count). The molecule has 0 bridgehead atoms. The molecule has 0 aliphatic rings. The first-order valence-electron chi connectivity index (χ1n) is 4.63. The molecule has 0 atom stereocenters. The van der Waals surface area contributed by atoms with Crippen LogP contribution in [-0.2, 0) is 16.1 Å². The van der Waals surface area contributed by atoms with Gasteiger partial charge in [0.2, 0.25) is 5.91 Å². The largest absolute Gasteiger partial charge is 0.467 e. The highest BCUT2D eigenvalue weighted by Crippen LogP contribution is 2.01. The molecule has 0 radical (unpaired) electrons. The molecule has 1 N–H and O–H groups in total. The van der Waals surface area contributed by atoms with Crippen LogP contribution in [0.15, 0.2) is 22.8 Å². The van der Waals surface area contributed by atoms with E-state index in [0.29, 0.717) is 19.8 Å². The van der Waals surface area contributed by atoms with Crippen molar-refractivity contribution in [1.29, 1.82) is 0 Å². The van der Waals surface area contributed by atoms with E-state index < -0.39 is 0 Å². The molecule has 1 amide bonds. The van der Waals surface area contributed by atoms with E-state index >= 15 is 0 Å². The Morgan fingerprint density at radius 3 is 3.14 bits per heavy atom. The quantitative estimate of drug-likeness (QED) is 0.700. The monoisotopic (exact) mass is 197 g/mol. The van der Waals surface area contributed by atoms with Crippen molar-refractivity contribution in [3.63, 3.8) is 0 Å². The Balaban J connectivity index is 1.92. The Morgan fingerprint density at radius 2 is 2.50 bits per heavy atom. The van der Waals surface area contributed by atoms with Crippen molar-refractivity contribution >= 4 is 5.91 Å². The zero-order valence-corrected chi connectivity index (χ0v) is 8.29. The number of nitrogens with one attached hydrogen (secondary N) is 1. The molecule has 0 fully saturated rings. The van der Waals surface area contributed by atoms with Crippen LogP contribution < -0.4 is 5.32 Å². The molecule has 1 heterocycles. The molecular weight excluding hydrogens is 182 g/mol. The van der Waals surface area contributed by atoms with Crippen molar-refractivity contribution in [2.24, 2.45) is 0 Å². The molecule has 0 aromatic carbocycles. The smallest absolute Gasteiger partial charge is 0.216 e. The second-order valence-electron chi connectivity index (χ2n) is 2.97. The molecule has 14 heavy (non-hydrogen) atoms. The number of rotatable bonds is 6. The summed E-state index contributed by atoms with van der Waals surface area (Å²) in [6.07, 6.45) is 2.44. The van der Waals surface area contributed by atoms with Crippen LogP contribution in [0.3, 0.4) is 0 Å². The summed E-state index contributed by atoms with van der Waals surface area (Å²) in [5.41, 5.74) is 0. The first-order valence-corrected chi connectivity index (χ1v) is 4.63. The Bertz CT molecular complexity index is 256. The van der Waals surface area contributed by atoms with Gasteiger partial charge in [-0.25, -0.2) is 0 Å². The van der Waals surface area contributed by atoms with E-state index in [1.54, 1.807) is 6.26 Å². The van der Waals surface area contributed by atoms with Crippen LogP contribution in [0.25, 0.3) is 0 Å². The third kappa shape index (κ3) is 4.67. The van der Waals surface area contributed by atoms with E-state index in [1.165, 1.54) is 6.92 Å². The lowest BCUT2D eigenvalue weighted by molar-refractivity contribution is -0.119. The fraction of sp³-hybridized carbons (Fsp3) is 0.500. The van der Waals surface area contributed by atoms with E-state index in [4.69, 9.17) is 9.15 Å². The van der Waals surface area contributed by atoms with Gasteiger partial charge in [0.25, 0.3) is 0 Å². The second kappa shape index (κ2) is 6.21. The average molecular weight is 197 g/mol. The zero-order valence-electron chi connectivity index (χ0n) is 8.29. The highest BCUT2D eigenvalue weighted by molar-refractivity contribution is 5.72. The molecule has 0 aliphatic heterocycles. The summed E-state index contributed by atoms with van der Waals surface area (Å²) in [6.45, 7) is 3.28. The van der Waals surface area contributed by atoms with Crippen LogP contribution in [0.1, 0.15) is 19.1 Å². The summed E-state index contributed by atoms with van der Waals surface area (Å²) in [5, 5.41) is 2.70. The van der Waals surface area contributed by atoms with Gasteiger partial charge < -0.3 is 14.5 Å². The standard InChI is InChI=1S/C10H15NO3/c1-9(12)11-5-3-6-13-8-10-4-2-7-14-10/h2,4,7H,3,5-6,8H2,1H3,(H,11,12). The predicted octanol–water partition coefficient (Wildman–Crippen LogP) is 1.32. The van der Waals surface area contributed by atoms with Gasteiger partial charge in [0.05, 0.1) is 6.26 Å². The molecule has 0 saturated heterocycles. The minimum atomic E-state index is -0.00367. The summed E-state index contributed by atoms with van der Waals surface area (Å²) in [5.74, 6) is 0.820. The van der Waals surface area contributed by atoms with Crippen LogP contribution >= 0.6 is 0 Å². The summed E-state index contributed by atoms with van der Waals surface area (Å²) in [6, 6.07) is 3.70. The highest BCUT2D eigenvalue weighted by Gasteiger charge is 1.95. The minimum absolute atomic E-state index is 0.00367. The molecule has 78 valence electrons. The van der Waals surface area contributed by atoms with Gasteiger partial charge in [0, 0.05) is 20.1 Å². The molecular formula is C10H15NO3. The number of carbonyl (C=O) groups excluding carboxylic acids is 1. The van der Waals surface area contributed by atoms with Gasteiger partial charge in [-0.3, -0.25) is 4.79 Å². The Morgan fingerprint density at radius 1 is 1.64 bits per heavy atom. The lowest BCUT2D eigenvalue weighted by atomic mass is 10.4. The number of hydrogen-bond donors (Lipinski definition) is 1. The van der Waals surface area contributed by atoms with Crippen molar-refractivity contribution in [3.8, 4) is 0 Å². The van der Waals surface area contributed by atoms with E-state index in [0.717, 1.165) is 12.2 Å². The van der Waals surface area contributed by atoms with Gasteiger partial charge in [-0.15, -0.1) is 0 Å². The molecule has 4 heteroatoms. The fourth-order valence-corrected chi connectivity index (χ4v) is 1.01.